The number of hydrogen-bond acceptors (Lipinski definition) is 2. The smallest absolute Gasteiger partial charge is 0.0626 e. The average Bonchev–Trinajstić information content (AvgIpc) is 1.57. The fraction of sp³-hybridized carbons (Fsp3) is 0.0316. The lowest BCUT2D eigenvalue weighted by atomic mass is 9.82. The van der Waals surface area contributed by atoms with Crippen molar-refractivity contribution < 1.29 is 0 Å². The Morgan fingerprint density at radius 3 is 1.25 bits per heavy atom. The number of rotatable bonds is 12. The molecule has 0 saturated heterocycles. The largest absolute Gasteiger partial charge is 0.311 e. The van der Waals surface area contributed by atoms with Gasteiger partial charge in [0.15, 0.2) is 0 Å². The summed E-state index contributed by atoms with van der Waals surface area (Å²) < 4.78 is 5.05. The van der Waals surface area contributed by atoms with Crippen molar-refractivity contribution in [2.24, 2.45) is 0 Å². The van der Waals surface area contributed by atoms with Crippen molar-refractivity contribution in [3.05, 3.63) is 375 Å². The third-order valence-electron chi connectivity index (χ3n) is 20.8. The third kappa shape index (κ3) is 9.43. The average molecular weight is 1260 g/mol. The zero-order valence-corrected chi connectivity index (χ0v) is 54.9. The molecule has 2 aromatic heterocycles. The summed E-state index contributed by atoms with van der Waals surface area (Å²) in [4.78, 5) is 4.76. The van der Waals surface area contributed by atoms with E-state index in [-0.39, 0.29) is 5.41 Å². The van der Waals surface area contributed by atoms with Gasteiger partial charge in [0, 0.05) is 83.6 Å². The predicted molar refractivity (Wildman–Crippen MR) is 419 cm³/mol. The van der Waals surface area contributed by atoms with Crippen LogP contribution in [0.3, 0.4) is 0 Å². The van der Waals surface area contributed by atoms with E-state index in [1.165, 1.54) is 110 Å². The first-order valence-electron chi connectivity index (χ1n) is 34.3. The Morgan fingerprint density at radius 1 is 0.242 bits per heavy atom. The molecule has 0 atom stereocenters. The number of aromatic nitrogens is 2. The van der Waals surface area contributed by atoms with Crippen LogP contribution in [0.25, 0.3) is 132 Å². The number of para-hydroxylation sites is 4. The number of nitrogens with zero attached hydrogens (tertiary/aromatic N) is 4. The quantitative estimate of drug-likeness (QED) is 0.121. The molecule has 18 aromatic rings. The lowest BCUT2D eigenvalue weighted by molar-refractivity contribution is 0.660. The van der Waals surface area contributed by atoms with Crippen molar-refractivity contribution in [3.63, 3.8) is 0 Å². The van der Waals surface area contributed by atoms with Crippen molar-refractivity contribution in [2.45, 2.75) is 19.3 Å². The summed E-state index contributed by atoms with van der Waals surface area (Å²) in [7, 11) is 0. The van der Waals surface area contributed by atoms with E-state index in [1.54, 1.807) is 0 Å². The van der Waals surface area contributed by atoms with E-state index < -0.39 is 0 Å². The lowest BCUT2D eigenvalue weighted by Gasteiger charge is -2.28. The van der Waals surface area contributed by atoms with Crippen LogP contribution in [0.4, 0.5) is 34.1 Å². The van der Waals surface area contributed by atoms with Crippen molar-refractivity contribution in [1.29, 1.82) is 0 Å². The van der Waals surface area contributed by atoms with Crippen LogP contribution in [0.2, 0.25) is 0 Å². The lowest BCUT2D eigenvalue weighted by Crippen LogP contribution is -2.17. The summed E-state index contributed by atoms with van der Waals surface area (Å²) in [5.41, 5.74) is 27.9. The molecule has 19 rings (SSSR count). The molecule has 0 unspecified atom stereocenters. The van der Waals surface area contributed by atoms with Gasteiger partial charge in [0.2, 0.25) is 0 Å². The molecule has 466 valence electrons. The van der Waals surface area contributed by atoms with Gasteiger partial charge in [-0.05, 0) is 199 Å². The van der Waals surface area contributed by atoms with Gasteiger partial charge in [0.05, 0.1) is 22.1 Å². The van der Waals surface area contributed by atoms with Crippen LogP contribution < -0.4 is 9.80 Å². The number of benzene rings is 16. The highest BCUT2D eigenvalue weighted by molar-refractivity contribution is 6.25. The van der Waals surface area contributed by atoms with Crippen LogP contribution in [-0.2, 0) is 5.41 Å². The number of hydrogen-bond donors (Lipinski definition) is 0. The van der Waals surface area contributed by atoms with Crippen molar-refractivity contribution >= 4 is 99.3 Å². The van der Waals surface area contributed by atoms with Crippen LogP contribution >= 0.6 is 0 Å². The normalized spacial score (nSPS) is 12.4. The van der Waals surface area contributed by atoms with Crippen LogP contribution in [0.15, 0.2) is 364 Å². The minimum atomic E-state index is -0.332. The Morgan fingerprint density at radius 2 is 0.646 bits per heavy atom. The van der Waals surface area contributed by atoms with E-state index >= 15 is 0 Å². The Balaban J connectivity index is 0.729. The topological polar surface area (TPSA) is 16.3 Å². The molecular weight excluding hydrogens is 1200 g/mol. The first-order chi connectivity index (χ1) is 48.9. The maximum atomic E-state index is 2.53. The Labute approximate surface area is 576 Å². The second kappa shape index (κ2) is 23.3. The van der Waals surface area contributed by atoms with Gasteiger partial charge in [-0.25, -0.2) is 0 Å². The van der Waals surface area contributed by atoms with Gasteiger partial charge in [-0.15, -0.1) is 0 Å². The minimum absolute atomic E-state index is 0.332. The Hall–Kier alpha value is -12.8. The van der Waals surface area contributed by atoms with E-state index in [0.29, 0.717) is 0 Å². The molecule has 2 heterocycles. The standard InChI is InChI=1S/C95H66N4/c1-95(2)86-61-76(54-56-81(86)82-57-55-77(62-87(82)95)99-88-44-23-22-42-83(88)84-59-68-30-18-20-40-78(68)90(93(84)99)65-26-8-3-9-27-65)97(72-37-16-7-17-38-72)75-39-24-32-67(58-75)80-43-25-45-89-92(80)85-60-69-31-19-21-41-79(69)91(66-28-10-4-11-29-66)94(85)98(89)74-52-48-64(49-53-74)63-46-50-73(51-47-63)96(70-33-12-5-13-34-70)71-35-14-6-15-36-71/h3-62H,1-2H3. The second-order valence-corrected chi connectivity index (χ2v) is 26.8. The maximum absolute atomic E-state index is 2.53. The molecule has 16 aromatic carbocycles. The first kappa shape index (κ1) is 57.7. The summed E-state index contributed by atoms with van der Waals surface area (Å²) in [6.45, 7) is 4.83. The molecule has 0 fully saturated rings. The molecule has 0 N–H and O–H groups in total. The SMILES string of the molecule is CC1(C)c2cc(N(c3ccccc3)c3cccc(-c4cccc5c4c4cc6ccccc6c(-c6ccccc6)c4n5-c4ccc(-c5ccc(N(c6ccccc6)c6ccccc6)cc5)cc4)c3)ccc2-c2ccc(-n3c4ccccc4c4cc5ccccc5c(-c5ccccc5)c43)cc21. The monoisotopic (exact) mass is 1260 g/mol. The van der Waals surface area contributed by atoms with Gasteiger partial charge in [0.1, 0.15) is 0 Å². The van der Waals surface area contributed by atoms with Gasteiger partial charge in [-0.2, -0.15) is 0 Å². The molecule has 0 saturated carbocycles. The van der Waals surface area contributed by atoms with Crippen LogP contribution in [0.1, 0.15) is 25.0 Å². The van der Waals surface area contributed by atoms with Crippen LogP contribution in [0, 0.1) is 0 Å². The number of fused-ring (bicyclic) bond motifs is 11. The molecule has 0 bridgehead atoms. The molecule has 1 aliphatic carbocycles. The van der Waals surface area contributed by atoms with Gasteiger partial charge in [0.25, 0.3) is 0 Å². The molecule has 1 aliphatic rings. The zero-order chi connectivity index (χ0) is 65.7. The molecule has 0 amide bonds. The van der Waals surface area contributed by atoms with Gasteiger partial charge >= 0.3 is 0 Å². The molecule has 99 heavy (non-hydrogen) atoms. The van der Waals surface area contributed by atoms with E-state index in [0.717, 1.165) is 67.7 Å². The van der Waals surface area contributed by atoms with E-state index in [4.69, 9.17) is 0 Å². The highest BCUT2D eigenvalue weighted by Gasteiger charge is 2.37. The summed E-state index contributed by atoms with van der Waals surface area (Å²) in [5, 5.41) is 9.83. The molecule has 4 heteroatoms. The van der Waals surface area contributed by atoms with Crippen molar-refractivity contribution in [3.8, 4) is 67.0 Å². The Bertz CT molecular complexity index is 6110. The summed E-state index contributed by atoms with van der Waals surface area (Å²) in [5.74, 6) is 0. The minimum Gasteiger partial charge on any atom is -0.311 e. The summed E-state index contributed by atoms with van der Waals surface area (Å²) in [6.07, 6.45) is 0. The molecule has 0 aliphatic heterocycles. The molecular formula is C95H66N4. The van der Waals surface area contributed by atoms with Gasteiger partial charge in [-0.1, -0.05) is 257 Å². The molecule has 4 nitrogen and oxygen atoms in total. The maximum Gasteiger partial charge on any atom is 0.0626 e. The summed E-state index contributed by atoms with van der Waals surface area (Å²) >= 11 is 0. The first-order valence-corrected chi connectivity index (χ1v) is 34.3. The van der Waals surface area contributed by atoms with Crippen molar-refractivity contribution in [1.82, 2.24) is 9.13 Å². The van der Waals surface area contributed by atoms with Crippen LogP contribution in [0.5, 0.6) is 0 Å². The summed E-state index contributed by atoms with van der Waals surface area (Å²) in [6, 6.07) is 134. The van der Waals surface area contributed by atoms with E-state index in [1.807, 2.05) is 0 Å². The fourth-order valence-electron chi connectivity index (χ4n) is 16.3. The number of anilines is 6. The van der Waals surface area contributed by atoms with Gasteiger partial charge < -0.3 is 18.9 Å². The highest BCUT2D eigenvalue weighted by atomic mass is 15.1. The Kier molecular flexibility index (Phi) is 13.6. The third-order valence-corrected chi connectivity index (χ3v) is 20.8. The molecule has 0 spiro atoms. The molecule has 0 radical (unpaired) electrons. The zero-order valence-electron chi connectivity index (χ0n) is 54.9. The van der Waals surface area contributed by atoms with Crippen LogP contribution in [-0.4, -0.2) is 9.13 Å². The fourth-order valence-corrected chi connectivity index (χ4v) is 16.3. The van der Waals surface area contributed by atoms with E-state index in [9.17, 15) is 0 Å². The van der Waals surface area contributed by atoms with E-state index in [2.05, 4.69) is 397 Å². The highest BCUT2D eigenvalue weighted by Crippen LogP contribution is 2.54. The predicted octanol–water partition coefficient (Wildman–Crippen LogP) is 26.1. The van der Waals surface area contributed by atoms with Gasteiger partial charge in [-0.3, -0.25) is 0 Å². The second-order valence-electron chi connectivity index (χ2n) is 26.8. The van der Waals surface area contributed by atoms with Crippen molar-refractivity contribution in [2.75, 3.05) is 9.80 Å².